The highest BCUT2D eigenvalue weighted by molar-refractivity contribution is 5.75. The summed E-state index contributed by atoms with van der Waals surface area (Å²) < 4.78 is 16.5. The van der Waals surface area contributed by atoms with Crippen molar-refractivity contribution >= 4 is 12.1 Å². The van der Waals surface area contributed by atoms with Gasteiger partial charge in [0.25, 0.3) is 0 Å². The first-order valence-corrected chi connectivity index (χ1v) is 10.2. The van der Waals surface area contributed by atoms with Crippen LogP contribution in [-0.4, -0.2) is 65.3 Å². The first-order valence-electron chi connectivity index (χ1n) is 10.2. The van der Waals surface area contributed by atoms with Crippen LogP contribution < -0.4 is 0 Å². The second-order valence-corrected chi connectivity index (χ2v) is 9.16. The van der Waals surface area contributed by atoms with E-state index in [-0.39, 0.29) is 12.1 Å². The molecule has 2 fully saturated rings. The lowest BCUT2D eigenvalue weighted by atomic mass is 10.0. The summed E-state index contributed by atoms with van der Waals surface area (Å²) in [7, 11) is 1.34. The maximum atomic E-state index is 13.1. The number of hydrogen-bond donors (Lipinski definition) is 0. The van der Waals surface area contributed by atoms with Crippen molar-refractivity contribution in [3.63, 3.8) is 0 Å². The number of nitrogens with zero attached hydrogens (tertiary/aromatic N) is 2. The molecule has 2 aliphatic rings. The van der Waals surface area contributed by atoms with Crippen LogP contribution in [0.2, 0.25) is 0 Å². The molecular formula is C22H32N2O6. The molecule has 0 spiro atoms. The van der Waals surface area contributed by atoms with Gasteiger partial charge in [-0.05, 0) is 40.2 Å². The summed E-state index contributed by atoms with van der Waals surface area (Å²) in [6, 6.07) is 9.23. The van der Waals surface area contributed by atoms with Crippen molar-refractivity contribution in [2.45, 2.75) is 77.1 Å². The Labute approximate surface area is 178 Å². The summed E-state index contributed by atoms with van der Waals surface area (Å²) in [4.78, 5) is 32.8. The largest absolute Gasteiger partial charge is 0.467 e. The second-order valence-electron chi connectivity index (χ2n) is 9.16. The fraction of sp³-hybridized carbons (Fsp3) is 0.636. The Morgan fingerprint density at radius 1 is 1.17 bits per heavy atom. The molecule has 30 heavy (non-hydrogen) atoms. The molecule has 0 unspecified atom stereocenters. The highest BCUT2D eigenvalue weighted by atomic mass is 16.7. The Hall–Kier alpha value is -2.16. The average Bonchev–Trinajstić information content (AvgIpc) is 3.20. The number of methoxy groups -OCH3 is 1. The van der Waals surface area contributed by atoms with E-state index in [4.69, 9.17) is 19.0 Å². The number of hydrogen-bond acceptors (Lipinski definition) is 7. The van der Waals surface area contributed by atoms with Gasteiger partial charge in [0, 0.05) is 13.0 Å². The average molecular weight is 421 g/mol. The Kier molecular flexibility index (Phi) is 6.40. The van der Waals surface area contributed by atoms with E-state index in [1.165, 1.54) is 7.11 Å². The zero-order chi connectivity index (χ0) is 22.1. The molecule has 1 aromatic carbocycles. The van der Waals surface area contributed by atoms with Crippen molar-refractivity contribution < 1.29 is 28.6 Å². The minimum Gasteiger partial charge on any atom is -0.467 e. The molecule has 3 rings (SSSR count). The normalized spacial score (nSPS) is 26.6. The zero-order valence-electron chi connectivity index (χ0n) is 18.6. The van der Waals surface area contributed by atoms with Gasteiger partial charge in [0.05, 0.1) is 25.8 Å². The maximum Gasteiger partial charge on any atom is 0.412 e. The fourth-order valence-electron chi connectivity index (χ4n) is 3.94. The van der Waals surface area contributed by atoms with Gasteiger partial charge in [-0.15, -0.1) is 0 Å². The standard InChI is InChI=1S/C22H32N2O6/c1-21(2,3)29-20(26)24-17(14-28-22(24,4)5)16-12-18(19(25)27-6)30-23(16)13-15-10-8-7-9-11-15/h7-11,16-18H,12-14H2,1-6H3/t16-,17+,18+/m1/s1. The van der Waals surface area contributed by atoms with Crippen molar-refractivity contribution in [3.8, 4) is 0 Å². The van der Waals surface area contributed by atoms with Crippen molar-refractivity contribution in [1.82, 2.24) is 9.96 Å². The van der Waals surface area contributed by atoms with Crippen LogP contribution in [0.3, 0.4) is 0 Å². The molecule has 2 aliphatic heterocycles. The van der Waals surface area contributed by atoms with Gasteiger partial charge in [0.15, 0.2) is 6.10 Å². The molecule has 0 radical (unpaired) electrons. The van der Waals surface area contributed by atoms with Gasteiger partial charge in [-0.1, -0.05) is 30.3 Å². The van der Waals surface area contributed by atoms with Gasteiger partial charge in [-0.2, -0.15) is 5.06 Å². The van der Waals surface area contributed by atoms with Crippen LogP contribution in [-0.2, 0) is 30.4 Å². The summed E-state index contributed by atoms with van der Waals surface area (Å²) in [6.45, 7) is 9.96. The molecule has 0 aliphatic carbocycles. The van der Waals surface area contributed by atoms with E-state index in [2.05, 4.69) is 0 Å². The van der Waals surface area contributed by atoms with E-state index >= 15 is 0 Å². The van der Waals surface area contributed by atoms with Crippen molar-refractivity contribution in [1.29, 1.82) is 0 Å². The van der Waals surface area contributed by atoms with Crippen LogP contribution >= 0.6 is 0 Å². The Balaban J connectivity index is 1.87. The summed E-state index contributed by atoms with van der Waals surface area (Å²) in [5, 5.41) is 1.77. The van der Waals surface area contributed by atoms with Gasteiger partial charge in [0.1, 0.15) is 11.3 Å². The van der Waals surface area contributed by atoms with Gasteiger partial charge < -0.3 is 14.2 Å². The van der Waals surface area contributed by atoms with Crippen LogP contribution in [0.1, 0.15) is 46.6 Å². The Morgan fingerprint density at radius 3 is 2.43 bits per heavy atom. The Morgan fingerprint density at radius 2 is 1.83 bits per heavy atom. The third-order valence-corrected chi connectivity index (χ3v) is 5.29. The number of ether oxygens (including phenoxy) is 3. The Bertz CT molecular complexity index is 761. The number of rotatable bonds is 4. The van der Waals surface area contributed by atoms with Crippen LogP contribution in [0.4, 0.5) is 4.79 Å². The predicted octanol–water partition coefficient (Wildman–Crippen LogP) is 3.11. The molecule has 0 aromatic heterocycles. The number of carbonyl (C=O) groups excluding carboxylic acids is 2. The number of carbonyl (C=O) groups is 2. The molecule has 1 amide bonds. The topological polar surface area (TPSA) is 77.5 Å². The number of benzene rings is 1. The minimum absolute atomic E-state index is 0.261. The van der Waals surface area contributed by atoms with Crippen LogP contribution in [0.5, 0.6) is 0 Å². The molecule has 166 valence electrons. The SMILES string of the molecule is COC(=O)[C@@H]1C[C@H]([C@@H]2COC(C)(C)N2C(=O)OC(C)(C)C)N(Cc2ccccc2)O1. The number of esters is 1. The quantitative estimate of drug-likeness (QED) is 0.693. The van der Waals surface area contributed by atoms with E-state index in [0.717, 1.165) is 5.56 Å². The number of amides is 1. The van der Waals surface area contributed by atoms with E-state index in [0.29, 0.717) is 19.6 Å². The third kappa shape index (κ3) is 4.94. The van der Waals surface area contributed by atoms with E-state index in [1.807, 2.05) is 65.0 Å². The molecule has 2 saturated heterocycles. The summed E-state index contributed by atoms with van der Waals surface area (Å²) in [6.07, 6.45) is -0.785. The molecule has 3 atom stereocenters. The van der Waals surface area contributed by atoms with Gasteiger partial charge in [-0.3, -0.25) is 9.74 Å². The highest BCUT2D eigenvalue weighted by Gasteiger charge is 2.53. The van der Waals surface area contributed by atoms with Gasteiger partial charge in [0.2, 0.25) is 0 Å². The van der Waals surface area contributed by atoms with E-state index < -0.39 is 29.5 Å². The predicted molar refractivity (Wildman–Crippen MR) is 109 cm³/mol. The lowest BCUT2D eigenvalue weighted by Gasteiger charge is -2.38. The summed E-state index contributed by atoms with van der Waals surface area (Å²) in [5.74, 6) is -0.433. The molecule has 8 nitrogen and oxygen atoms in total. The molecule has 0 bridgehead atoms. The summed E-state index contributed by atoms with van der Waals surface area (Å²) in [5.41, 5.74) is -0.436. The van der Waals surface area contributed by atoms with Crippen molar-refractivity contribution in [3.05, 3.63) is 35.9 Å². The highest BCUT2D eigenvalue weighted by Crippen LogP contribution is 2.37. The molecule has 0 N–H and O–H groups in total. The lowest BCUT2D eigenvalue weighted by Crippen LogP contribution is -2.55. The van der Waals surface area contributed by atoms with Crippen molar-refractivity contribution in [2.75, 3.05) is 13.7 Å². The monoisotopic (exact) mass is 420 g/mol. The fourth-order valence-corrected chi connectivity index (χ4v) is 3.94. The second kappa shape index (κ2) is 8.53. The van der Waals surface area contributed by atoms with Crippen LogP contribution in [0, 0.1) is 0 Å². The van der Waals surface area contributed by atoms with Gasteiger partial charge >= 0.3 is 12.1 Å². The molecule has 0 saturated carbocycles. The van der Waals surface area contributed by atoms with Crippen LogP contribution in [0.15, 0.2) is 30.3 Å². The molecule has 1 aromatic rings. The molecule has 8 heteroatoms. The van der Waals surface area contributed by atoms with E-state index in [9.17, 15) is 9.59 Å². The first kappa shape index (κ1) is 22.5. The number of hydroxylamine groups is 2. The van der Waals surface area contributed by atoms with Crippen LogP contribution in [0.25, 0.3) is 0 Å². The summed E-state index contributed by atoms with van der Waals surface area (Å²) >= 11 is 0. The van der Waals surface area contributed by atoms with Crippen molar-refractivity contribution in [2.24, 2.45) is 0 Å². The first-order chi connectivity index (χ1) is 14.0. The smallest absolute Gasteiger partial charge is 0.412 e. The van der Waals surface area contributed by atoms with Gasteiger partial charge in [-0.25, -0.2) is 9.59 Å². The molecule has 2 heterocycles. The third-order valence-electron chi connectivity index (χ3n) is 5.29. The minimum atomic E-state index is -0.839. The lowest BCUT2D eigenvalue weighted by molar-refractivity contribution is -0.195. The van der Waals surface area contributed by atoms with E-state index in [1.54, 1.807) is 9.96 Å². The maximum absolute atomic E-state index is 13.1. The molecular weight excluding hydrogens is 388 g/mol. The zero-order valence-corrected chi connectivity index (χ0v) is 18.6.